The molecule has 8 nitrogen and oxygen atoms in total. The third kappa shape index (κ3) is 5.86. The highest BCUT2D eigenvalue weighted by Crippen LogP contribution is 2.36. The van der Waals surface area contributed by atoms with Crippen molar-refractivity contribution in [2.45, 2.75) is 66.0 Å². The maximum Gasteiger partial charge on any atom is 0.154 e. The van der Waals surface area contributed by atoms with Crippen LogP contribution in [0.1, 0.15) is 78.1 Å². The zero-order chi connectivity index (χ0) is 31.7. The second-order valence-corrected chi connectivity index (χ2v) is 11.4. The van der Waals surface area contributed by atoms with Gasteiger partial charge in [-0.3, -0.25) is 0 Å². The number of nitrogens with zero attached hydrogens (tertiary/aromatic N) is 2. The molecule has 0 amide bonds. The van der Waals surface area contributed by atoms with Crippen molar-refractivity contribution in [1.82, 2.24) is 19.9 Å². The molecule has 3 aromatic rings. The number of aromatic nitrogens is 4. The summed E-state index contributed by atoms with van der Waals surface area (Å²) in [7, 11) is 3.01. The third-order valence-corrected chi connectivity index (χ3v) is 8.87. The molecule has 5 rings (SSSR count). The molecule has 0 aromatic carbocycles. The molecule has 230 valence electrons. The summed E-state index contributed by atoms with van der Waals surface area (Å²) in [5.41, 5.74) is 15.4. The standard InChI is InChI=1S/C36H42N4O4/c1-9-23-19(3)27-15-28-21(5)25(11-13-35(41)43-7)33(39-28)18-34-26(12-14-36(42)44-8)22(6)30(40-34)17-32-24(10-2)20(4)29(38-32)16-31(23)37-27/h9-10,15-18,35-37,40-42H,1-2,11-14H2,3-8H3. The Morgan fingerprint density at radius 3 is 1.91 bits per heavy atom. The van der Waals surface area contributed by atoms with Gasteiger partial charge in [-0.25, -0.2) is 9.97 Å². The first-order chi connectivity index (χ1) is 21.1. The van der Waals surface area contributed by atoms with Crippen molar-refractivity contribution in [3.05, 3.63) is 88.5 Å². The van der Waals surface area contributed by atoms with E-state index in [-0.39, 0.29) is 0 Å². The number of aliphatic hydroxyl groups is 2. The molecule has 5 heterocycles. The fraction of sp³-hybridized carbons (Fsp3) is 0.333. The van der Waals surface area contributed by atoms with Gasteiger partial charge in [0.15, 0.2) is 12.6 Å². The Morgan fingerprint density at radius 1 is 0.705 bits per heavy atom. The van der Waals surface area contributed by atoms with Crippen LogP contribution in [0.2, 0.25) is 0 Å². The highest BCUT2D eigenvalue weighted by Gasteiger charge is 2.21. The molecular weight excluding hydrogens is 552 g/mol. The monoisotopic (exact) mass is 594 g/mol. The Bertz CT molecular complexity index is 1860. The molecule has 0 saturated heterocycles. The molecular formula is C36H42N4O4. The van der Waals surface area contributed by atoms with Crippen molar-refractivity contribution in [3.8, 4) is 0 Å². The van der Waals surface area contributed by atoms with Gasteiger partial charge < -0.3 is 29.7 Å². The van der Waals surface area contributed by atoms with Crippen LogP contribution in [-0.4, -0.2) is 56.9 Å². The normalized spacial score (nSPS) is 14.7. The highest BCUT2D eigenvalue weighted by molar-refractivity contribution is 5.98. The Morgan fingerprint density at radius 2 is 1.25 bits per heavy atom. The van der Waals surface area contributed by atoms with E-state index in [2.05, 4.69) is 75.1 Å². The molecule has 3 aromatic heterocycles. The van der Waals surface area contributed by atoms with Gasteiger partial charge in [-0.05, 0) is 98.2 Å². The van der Waals surface area contributed by atoms with Crippen molar-refractivity contribution >= 4 is 50.4 Å². The van der Waals surface area contributed by atoms with Crippen LogP contribution in [0.25, 0.3) is 50.4 Å². The summed E-state index contributed by atoms with van der Waals surface area (Å²) in [6.07, 6.45) is 4.07. The fourth-order valence-electron chi connectivity index (χ4n) is 6.08. The number of aliphatic hydroxyl groups excluding tert-OH is 2. The van der Waals surface area contributed by atoms with Gasteiger partial charge in [0, 0.05) is 60.3 Å². The van der Waals surface area contributed by atoms with Gasteiger partial charge in [0.25, 0.3) is 0 Å². The van der Waals surface area contributed by atoms with E-state index < -0.39 is 12.6 Å². The Labute approximate surface area is 258 Å². The van der Waals surface area contributed by atoms with E-state index in [0.29, 0.717) is 25.7 Å². The average Bonchev–Trinajstić information content (AvgIpc) is 3.67. The molecule has 2 atom stereocenters. The summed E-state index contributed by atoms with van der Waals surface area (Å²) >= 11 is 0. The first-order valence-corrected chi connectivity index (χ1v) is 14.9. The van der Waals surface area contributed by atoms with Crippen molar-refractivity contribution in [2.75, 3.05) is 14.2 Å². The number of aryl methyl sites for hydroxylation is 3. The van der Waals surface area contributed by atoms with Crippen LogP contribution in [-0.2, 0) is 15.9 Å². The molecule has 2 unspecified atom stereocenters. The number of rotatable bonds is 10. The van der Waals surface area contributed by atoms with E-state index in [1.165, 1.54) is 14.2 Å². The van der Waals surface area contributed by atoms with Crippen LogP contribution >= 0.6 is 0 Å². The predicted octanol–water partition coefficient (Wildman–Crippen LogP) is 7.26. The summed E-state index contributed by atoms with van der Waals surface area (Å²) in [4.78, 5) is 17.4. The molecule has 0 fully saturated rings. The topological polar surface area (TPSA) is 116 Å². The van der Waals surface area contributed by atoms with Crippen molar-refractivity contribution in [2.24, 2.45) is 0 Å². The smallest absolute Gasteiger partial charge is 0.154 e. The zero-order valence-electron chi connectivity index (χ0n) is 26.5. The van der Waals surface area contributed by atoms with E-state index in [1.807, 2.05) is 12.2 Å². The van der Waals surface area contributed by atoms with E-state index in [4.69, 9.17) is 19.4 Å². The van der Waals surface area contributed by atoms with Crippen LogP contribution in [0, 0.1) is 13.8 Å². The molecule has 8 heteroatoms. The number of hydrogen-bond donors (Lipinski definition) is 4. The Hall–Kier alpha value is -4.08. The maximum absolute atomic E-state index is 10.2. The number of aromatic amines is 2. The lowest BCUT2D eigenvalue weighted by atomic mass is 10.00. The summed E-state index contributed by atoms with van der Waals surface area (Å²) in [5.74, 6) is 0. The van der Waals surface area contributed by atoms with Crippen molar-refractivity contribution in [1.29, 1.82) is 0 Å². The second kappa shape index (κ2) is 12.9. The first-order valence-electron chi connectivity index (χ1n) is 14.9. The van der Waals surface area contributed by atoms with E-state index in [9.17, 15) is 10.2 Å². The third-order valence-electron chi connectivity index (χ3n) is 8.87. The lowest BCUT2D eigenvalue weighted by Gasteiger charge is -2.10. The van der Waals surface area contributed by atoms with Gasteiger partial charge in [-0.15, -0.1) is 0 Å². The van der Waals surface area contributed by atoms with Gasteiger partial charge in [0.1, 0.15) is 0 Å². The van der Waals surface area contributed by atoms with Gasteiger partial charge in [-0.2, -0.15) is 0 Å². The summed E-state index contributed by atoms with van der Waals surface area (Å²) in [6, 6.07) is 8.28. The molecule has 44 heavy (non-hydrogen) atoms. The van der Waals surface area contributed by atoms with Crippen molar-refractivity contribution in [3.63, 3.8) is 0 Å². The number of ether oxygens (including phenoxy) is 2. The highest BCUT2D eigenvalue weighted by atomic mass is 16.6. The Balaban J connectivity index is 1.89. The average molecular weight is 595 g/mol. The molecule has 0 aliphatic carbocycles. The van der Waals surface area contributed by atoms with E-state index in [1.54, 1.807) is 0 Å². The number of nitrogens with one attached hydrogen (secondary N) is 2. The van der Waals surface area contributed by atoms with Gasteiger partial charge in [-0.1, -0.05) is 25.3 Å². The zero-order valence-corrected chi connectivity index (χ0v) is 26.5. The van der Waals surface area contributed by atoms with Crippen LogP contribution in [0.4, 0.5) is 0 Å². The fourth-order valence-corrected chi connectivity index (χ4v) is 6.08. The number of fused-ring (bicyclic) bond motifs is 8. The number of allylic oxidation sites excluding steroid dienone is 5. The minimum atomic E-state index is -0.866. The molecule has 8 bridgehead atoms. The molecule has 0 saturated carbocycles. The predicted molar refractivity (Wildman–Crippen MR) is 179 cm³/mol. The lowest BCUT2D eigenvalue weighted by molar-refractivity contribution is -0.0778. The van der Waals surface area contributed by atoms with Gasteiger partial charge >= 0.3 is 0 Å². The SMILES string of the molecule is C=CC1=C(C)c2cc3[nH]c(cc4nc(cc5[nH]c(cc1n2)c(C)c5CCC(O)OC)C(CCC(O)OC)=C4C)c(C)c3C=C. The molecule has 2 aliphatic rings. The molecule has 2 aliphatic heterocycles. The molecule has 0 radical (unpaired) electrons. The number of H-pyrrole nitrogens is 2. The number of hydrogen-bond acceptors (Lipinski definition) is 6. The quantitative estimate of drug-likeness (QED) is 0.184. The van der Waals surface area contributed by atoms with Gasteiger partial charge in [0.05, 0.1) is 22.8 Å². The van der Waals surface area contributed by atoms with Crippen LogP contribution in [0.15, 0.2) is 43.5 Å². The number of methoxy groups -OCH3 is 2. The first kappa shape index (κ1) is 31.3. The second-order valence-electron chi connectivity index (χ2n) is 11.4. The van der Waals surface area contributed by atoms with E-state index in [0.717, 1.165) is 89.4 Å². The summed E-state index contributed by atoms with van der Waals surface area (Å²) < 4.78 is 10.3. The largest absolute Gasteiger partial charge is 0.368 e. The van der Waals surface area contributed by atoms with Crippen LogP contribution in [0.3, 0.4) is 0 Å². The maximum atomic E-state index is 10.2. The molecule has 0 spiro atoms. The van der Waals surface area contributed by atoms with Crippen LogP contribution < -0.4 is 0 Å². The van der Waals surface area contributed by atoms with Gasteiger partial charge in [0.2, 0.25) is 0 Å². The van der Waals surface area contributed by atoms with Crippen molar-refractivity contribution < 1.29 is 19.7 Å². The van der Waals surface area contributed by atoms with E-state index >= 15 is 0 Å². The lowest BCUT2D eigenvalue weighted by Crippen LogP contribution is -2.10. The summed E-state index contributed by atoms with van der Waals surface area (Å²) in [5, 5.41) is 20.4. The minimum Gasteiger partial charge on any atom is -0.368 e. The minimum absolute atomic E-state index is 0.439. The van der Waals surface area contributed by atoms with Crippen LogP contribution in [0.5, 0.6) is 0 Å². The Kier molecular flexibility index (Phi) is 9.18. The molecule has 4 N–H and O–H groups in total. The summed E-state index contributed by atoms with van der Waals surface area (Å²) in [6.45, 7) is 16.5.